The van der Waals surface area contributed by atoms with Crippen molar-refractivity contribution >= 4 is 0 Å². The van der Waals surface area contributed by atoms with Crippen LogP contribution in [-0.4, -0.2) is 6.61 Å². The molecule has 0 spiro atoms. The number of ether oxygens (including phenoxy) is 1. The lowest BCUT2D eigenvalue weighted by atomic mass is 9.87. The van der Waals surface area contributed by atoms with Gasteiger partial charge in [-0.05, 0) is 49.3 Å². The van der Waals surface area contributed by atoms with E-state index in [2.05, 4.69) is 12.1 Å². The Hall–Kier alpha value is -1.53. The van der Waals surface area contributed by atoms with Gasteiger partial charge in [-0.25, -0.2) is 0 Å². The molecule has 18 heavy (non-hydrogen) atoms. The molecule has 1 aliphatic carbocycles. The third kappa shape index (κ3) is 3.02. The summed E-state index contributed by atoms with van der Waals surface area (Å²) in [7, 11) is 0. The summed E-state index contributed by atoms with van der Waals surface area (Å²) in [6.45, 7) is 0.688. The van der Waals surface area contributed by atoms with Gasteiger partial charge in [0.25, 0.3) is 0 Å². The number of unbranched alkanes of at least 4 members (excludes halogenated alkanes) is 2. The molecular formula is C15H20N2O. The van der Waals surface area contributed by atoms with E-state index in [0.717, 1.165) is 37.9 Å². The molecule has 0 bridgehead atoms. The second-order valence-electron chi connectivity index (χ2n) is 4.79. The summed E-state index contributed by atoms with van der Waals surface area (Å²) in [6, 6.07) is 8.48. The summed E-state index contributed by atoms with van der Waals surface area (Å²) < 4.78 is 5.83. The Morgan fingerprint density at radius 1 is 1.39 bits per heavy atom. The molecule has 1 aromatic rings. The van der Waals surface area contributed by atoms with Crippen LogP contribution < -0.4 is 10.5 Å². The molecule has 2 rings (SSSR count). The molecule has 96 valence electrons. The summed E-state index contributed by atoms with van der Waals surface area (Å²) in [5.74, 6) is 0.986. The van der Waals surface area contributed by atoms with Crippen molar-refractivity contribution in [2.75, 3.05) is 6.61 Å². The van der Waals surface area contributed by atoms with Gasteiger partial charge in [0.1, 0.15) is 5.75 Å². The lowest BCUT2D eigenvalue weighted by Crippen LogP contribution is -2.18. The minimum absolute atomic E-state index is 0.163. The summed E-state index contributed by atoms with van der Waals surface area (Å²) >= 11 is 0. The predicted octanol–water partition coefficient (Wildman–Crippen LogP) is 3.10. The highest BCUT2D eigenvalue weighted by molar-refractivity contribution is 5.43. The topological polar surface area (TPSA) is 59.0 Å². The van der Waals surface area contributed by atoms with E-state index < -0.39 is 0 Å². The zero-order chi connectivity index (χ0) is 12.8. The first-order valence-corrected chi connectivity index (χ1v) is 6.70. The normalized spacial score (nSPS) is 17.9. The monoisotopic (exact) mass is 244 g/mol. The van der Waals surface area contributed by atoms with E-state index in [1.165, 1.54) is 11.1 Å². The van der Waals surface area contributed by atoms with Crippen molar-refractivity contribution in [3.05, 3.63) is 29.3 Å². The summed E-state index contributed by atoms with van der Waals surface area (Å²) in [4.78, 5) is 0. The van der Waals surface area contributed by atoms with Crippen molar-refractivity contribution in [2.24, 2.45) is 5.73 Å². The van der Waals surface area contributed by atoms with Crippen LogP contribution in [0.15, 0.2) is 18.2 Å². The number of nitrogens with zero attached hydrogens (tertiary/aromatic N) is 1. The molecule has 0 aliphatic heterocycles. The number of nitrogens with two attached hydrogens (primary N) is 1. The van der Waals surface area contributed by atoms with Crippen LogP contribution in [0.4, 0.5) is 0 Å². The number of hydrogen-bond acceptors (Lipinski definition) is 3. The largest absolute Gasteiger partial charge is 0.493 e. The molecule has 3 heteroatoms. The van der Waals surface area contributed by atoms with E-state index >= 15 is 0 Å². The highest BCUT2D eigenvalue weighted by atomic mass is 16.5. The van der Waals surface area contributed by atoms with Crippen molar-refractivity contribution in [1.82, 2.24) is 0 Å². The molecule has 0 amide bonds. The lowest BCUT2D eigenvalue weighted by Gasteiger charge is -2.24. The highest BCUT2D eigenvalue weighted by Crippen LogP contribution is 2.34. The first-order valence-electron chi connectivity index (χ1n) is 6.70. The second kappa shape index (κ2) is 6.42. The molecule has 1 aromatic carbocycles. The molecule has 1 unspecified atom stereocenters. The minimum Gasteiger partial charge on any atom is -0.493 e. The van der Waals surface area contributed by atoms with Gasteiger partial charge in [-0.3, -0.25) is 0 Å². The third-order valence-corrected chi connectivity index (χ3v) is 3.45. The maximum absolute atomic E-state index is 8.47. The Balaban J connectivity index is 1.97. The van der Waals surface area contributed by atoms with Crippen molar-refractivity contribution in [2.45, 2.75) is 44.6 Å². The average Bonchev–Trinajstić information content (AvgIpc) is 2.39. The van der Waals surface area contributed by atoms with Crippen LogP contribution in [0.5, 0.6) is 5.75 Å². The van der Waals surface area contributed by atoms with Crippen LogP contribution in [0.3, 0.4) is 0 Å². The molecule has 2 N–H and O–H groups in total. The third-order valence-electron chi connectivity index (χ3n) is 3.45. The first kappa shape index (κ1) is 12.9. The maximum Gasteiger partial charge on any atom is 0.122 e. The minimum atomic E-state index is 0.163. The Bertz CT molecular complexity index is 437. The number of benzene rings is 1. The first-order chi connectivity index (χ1) is 8.83. The van der Waals surface area contributed by atoms with E-state index in [1.54, 1.807) is 0 Å². The average molecular weight is 244 g/mol. The van der Waals surface area contributed by atoms with Gasteiger partial charge < -0.3 is 10.5 Å². The van der Waals surface area contributed by atoms with Crippen molar-refractivity contribution in [3.63, 3.8) is 0 Å². The van der Waals surface area contributed by atoms with E-state index in [0.29, 0.717) is 13.0 Å². The fourth-order valence-electron chi connectivity index (χ4n) is 2.48. The van der Waals surface area contributed by atoms with Crippen LogP contribution in [0.1, 0.15) is 49.3 Å². The lowest BCUT2D eigenvalue weighted by molar-refractivity contribution is 0.302. The van der Waals surface area contributed by atoms with Gasteiger partial charge in [-0.15, -0.1) is 0 Å². The molecule has 0 saturated carbocycles. The van der Waals surface area contributed by atoms with Gasteiger partial charge in [-0.2, -0.15) is 5.26 Å². The van der Waals surface area contributed by atoms with Crippen LogP contribution >= 0.6 is 0 Å². The standard InChI is InChI=1S/C15H20N2O/c16-10-2-1-3-11-18-15-9-5-6-12-13(15)7-4-8-14(12)17/h5-6,9,14H,1-4,7-8,11,17H2. The Labute approximate surface area is 109 Å². The quantitative estimate of drug-likeness (QED) is 0.810. The van der Waals surface area contributed by atoms with Crippen molar-refractivity contribution in [1.29, 1.82) is 5.26 Å². The van der Waals surface area contributed by atoms with Gasteiger partial charge in [-0.1, -0.05) is 12.1 Å². The zero-order valence-corrected chi connectivity index (χ0v) is 10.7. The van der Waals surface area contributed by atoms with Crippen LogP contribution in [0.25, 0.3) is 0 Å². The molecule has 0 heterocycles. The summed E-state index contributed by atoms with van der Waals surface area (Å²) in [5.41, 5.74) is 8.65. The van der Waals surface area contributed by atoms with E-state index in [-0.39, 0.29) is 6.04 Å². The van der Waals surface area contributed by atoms with Crippen LogP contribution in [-0.2, 0) is 6.42 Å². The van der Waals surface area contributed by atoms with Gasteiger partial charge in [0.15, 0.2) is 0 Å². The summed E-state index contributed by atoms with van der Waals surface area (Å²) in [6.07, 6.45) is 5.73. The van der Waals surface area contributed by atoms with Gasteiger partial charge in [0, 0.05) is 12.5 Å². The molecule has 1 atom stereocenters. The molecule has 1 aliphatic rings. The van der Waals surface area contributed by atoms with Gasteiger partial charge in [0.05, 0.1) is 12.7 Å². The smallest absolute Gasteiger partial charge is 0.122 e. The van der Waals surface area contributed by atoms with Crippen molar-refractivity contribution < 1.29 is 4.74 Å². The number of fused-ring (bicyclic) bond motifs is 1. The SMILES string of the molecule is N#CCCCCOc1cccc2c1CCCC2N. The van der Waals surface area contributed by atoms with Gasteiger partial charge >= 0.3 is 0 Å². The van der Waals surface area contributed by atoms with E-state index in [9.17, 15) is 0 Å². The van der Waals surface area contributed by atoms with E-state index in [4.69, 9.17) is 15.7 Å². The number of hydrogen-bond donors (Lipinski definition) is 1. The zero-order valence-electron chi connectivity index (χ0n) is 10.7. The molecule has 0 aromatic heterocycles. The molecular weight excluding hydrogens is 224 g/mol. The molecule has 0 radical (unpaired) electrons. The second-order valence-corrected chi connectivity index (χ2v) is 4.79. The fourth-order valence-corrected chi connectivity index (χ4v) is 2.48. The summed E-state index contributed by atoms with van der Waals surface area (Å²) in [5, 5.41) is 8.47. The Morgan fingerprint density at radius 3 is 3.11 bits per heavy atom. The number of nitriles is 1. The predicted molar refractivity (Wildman–Crippen MR) is 71.3 cm³/mol. The Morgan fingerprint density at radius 2 is 2.28 bits per heavy atom. The molecule has 0 saturated heterocycles. The van der Waals surface area contributed by atoms with Gasteiger partial charge in [0.2, 0.25) is 0 Å². The highest BCUT2D eigenvalue weighted by Gasteiger charge is 2.19. The van der Waals surface area contributed by atoms with E-state index in [1.807, 2.05) is 12.1 Å². The fraction of sp³-hybridized carbons (Fsp3) is 0.533. The number of rotatable bonds is 5. The Kier molecular flexibility index (Phi) is 4.60. The maximum atomic E-state index is 8.47. The van der Waals surface area contributed by atoms with Crippen LogP contribution in [0, 0.1) is 11.3 Å². The van der Waals surface area contributed by atoms with Crippen LogP contribution in [0.2, 0.25) is 0 Å². The van der Waals surface area contributed by atoms with Crippen molar-refractivity contribution in [3.8, 4) is 11.8 Å². The molecule has 3 nitrogen and oxygen atoms in total. The molecule has 0 fully saturated rings.